The van der Waals surface area contributed by atoms with E-state index >= 15 is 0 Å². The highest BCUT2D eigenvalue weighted by Crippen LogP contribution is 2.25. The molecule has 3 heterocycles. The zero-order valence-corrected chi connectivity index (χ0v) is 16.5. The molecule has 0 saturated carbocycles. The van der Waals surface area contributed by atoms with Gasteiger partial charge in [0.2, 0.25) is 0 Å². The summed E-state index contributed by atoms with van der Waals surface area (Å²) in [6.45, 7) is 7.26. The highest BCUT2D eigenvalue weighted by atomic mass is 16.3. The van der Waals surface area contributed by atoms with Crippen molar-refractivity contribution in [3.8, 4) is 0 Å². The molecule has 1 aliphatic heterocycles. The first kappa shape index (κ1) is 18.5. The molecule has 6 heteroatoms. The maximum atomic E-state index is 13.1. The largest absolute Gasteiger partial charge is 0.451 e. The number of hydrogen-bond donors (Lipinski definition) is 0. The molecule has 0 N–H and O–H groups in total. The van der Waals surface area contributed by atoms with Crippen molar-refractivity contribution in [2.24, 2.45) is 0 Å². The lowest BCUT2D eigenvalue weighted by Crippen LogP contribution is -2.41. The molecule has 1 saturated heterocycles. The Morgan fingerprint density at radius 1 is 1.21 bits per heavy atom. The van der Waals surface area contributed by atoms with E-state index in [-0.39, 0.29) is 22.9 Å². The number of carbonyl (C=O) groups excluding carboxylic acids is 1. The monoisotopic (exact) mass is 379 g/mol. The summed E-state index contributed by atoms with van der Waals surface area (Å²) in [5.41, 5.74) is 1.28. The van der Waals surface area contributed by atoms with Crippen LogP contribution in [0, 0.1) is 0 Å². The number of furan rings is 1. The zero-order chi connectivity index (χ0) is 19.9. The van der Waals surface area contributed by atoms with E-state index in [0.717, 1.165) is 23.9 Å². The molecule has 1 fully saturated rings. The Morgan fingerprint density at radius 2 is 2.00 bits per heavy atom. The highest BCUT2D eigenvalue weighted by Gasteiger charge is 2.32. The van der Waals surface area contributed by atoms with Gasteiger partial charge in [-0.1, -0.05) is 39.0 Å². The number of likely N-dealkylation sites (tertiary alicyclic amines) is 1. The van der Waals surface area contributed by atoms with E-state index in [1.165, 1.54) is 4.68 Å². The van der Waals surface area contributed by atoms with Crippen LogP contribution in [0.4, 0.5) is 0 Å². The lowest BCUT2D eigenvalue weighted by Gasteiger charge is -2.25. The maximum absolute atomic E-state index is 13.1. The lowest BCUT2D eigenvalue weighted by molar-refractivity contribution is 0.0690. The topological polar surface area (TPSA) is 68.3 Å². The molecule has 0 bridgehead atoms. The van der Waals surface area contributed by atoms with Gasteiger partial charge in [0.25, 0.3) is 11.5 Å². The van der Waals surface area contributed by atoms with E-state index in [1.54, 1.807) is 18.2 Å². The van der Waals surface area contributed by atoms with Gasteiger partial charge >= 0.3 is 0 Å². The summed E-state index contributed by atoms with van der Waals surface area (Å²) in [6.07, 6.45) is 1.75. The van der Waals surface area contributed by atoms with Crippen LogP contribution in [0.2, 0.25) is 0 Å². The van der Waals surface area contributed by atoms with E-state index in [2.05, 4.69) is 25.9 Å². The molecule has 1 aromatic carbocycles. The molecule has 1 unspecified atom stereocenters. The van der Waals surface area contributed by atoms with Crippen LogP contribution >= 0.6 is 0 Å². The van der Waals surface area contributed by atoms with Crippen LogP contribution in [0.3, 0.4) is 0 Å². The molecule has 0 aliphatic carbocycles. The van der Waals surface area contributed by atoms with E-state index in [1.807, 2.05) is 29.2 Å². The van der Waals surface area contributed by atoms with Crippen molar-refractivity contribution >= 4 is 16.9 Å². The van der Waals surface area contributed by atoms with Gasteiger partial charge in [-0.25, -0.2) is 4.68 Å². The van der Waals surface area contributed by atoms with Gasteiger partial charge in [-0.2, -0.15) is 5.10 Å². The first-order valence-corrected chi connectivity index (χ1v) is 9.71. The minimum absolute atomic E-state index is 0.0684. The molecule has 4 rings (SSSR count). The molecular formula is C22H25N3O3. The molecule has 1 aliphatic rings. The number of para-hydroxylation sites is 1. The number of hydrogen-bond acceptors (Lipinski definition) is 4. The van der Waals surface area contributed by atoms with E-state index in [0.29, 0.717) is 24.4 Å². The standard InChI is InChI=1S/C22H25N3O3/c1-22(2,3)19-10-11-20(26)25(23-19)14-16-8-6-12-24(16)21(27)18-13-15-7-4-5-9-17(15)28-18/h4-5,7,9-11,13,16H,6,8,12,14H2,1-3H3. The number of aromatic nitrogens is 2. The fourth-order valence-electron chi connectivity index (χ4n) is 3.70. The molecule has 6 nitrogen and oxygen atoms in total. The normalized spacial score (nSPS) is 17.4. The minimum Gasteiger partial charge on any atom is -0.451 e. The second kappa shape index (κ2) is 6.93. The molecular weight excluding hydrogens is 354 g/mol. The third-order valence-corrected chi connectivity index (χ3v) is 5.29. The van der Waals surface area contributed by atoms with Crippen molar-refractivity contribution in [2.45, 2.75) is 51.6 Å². The SMILES string of the molecule is CC(C)(C)c1ccc(=O)n(CC2CCCN2C(=O)c2cc3ccccc3o2)n1. The van der Waals surface area contributed by atoms with Crippen LogP contribution in [0.15, 0.2) is 51.7 Å². The summed E-state index contributed by atoms with van der Waals surface area (Å²) in [5, 5.41) is 5.47. The van der Waals surface area contributed by atoms with Crippen molar-refractivity contribution in [2.75, 3.05) is 6.54 Å². The molecule has 146 valence electrons. The van der Waals surface area contributed by atoms with E-state index < -0.39 is 0 Å². The summed E-state index contributed by atoms with van der Waals surface area (Å²) < 4.78 is 7.25. The highest BCUT2D eigenvalue weighted by molar-refractivity contribution is 5.96. The fraction of sp³-hybridized carbons (Fsp3) is 0.409. The smallest absolute Gasteiger partial charge is 0.289 e. The van der Waals surface area contributed by atoms with Gasteiger partial charge in [0.1, 0.15) is 5.58 Å². The number of amides is 1. The Kier molecular flexibility index (Phi) is 4.57. The molecule has 28 heavy (non-hydrogen) atoms. The van der Waals surface area contributed by atoms with Gasteiger partial charge < -0.3 is 9.32 Å². The predicted octanol–water partition coefficient (Wildman–Crippen LogP) is 3.59. The Bertz CT molecular complexity index is 1040. The first-order chi connectivity index (χ1) is 13.3. The van der Waals surface area contributed by atoms with Crippen LogP contribution in [-0.4, -0.2) is 33.2 Å². The van der Waals surface area contributed by atoms with Gasteiger partial charge in [-0.15, -0.1) is 0 Å². The Balaban J connectivity index is 1.59. The van der Waals surface area contributed by atoms with Gasteiger partial charge in [-0.05, 0) is 31.0 Å². The average molecular weight is 379 g/mol. The van der Waals surface area contributed by atoms with Crippen LogP contribution in [0.5, 0.6) is 0 Å². The number of benzene rings is 1. The van der Waals surface area contributed by atoms with Gasteiger partial charge in [0.15, 0.2) is 5.76 Å². The second-order valence-electron chi connectivity index (χ2n) is 8.43. The van der Waals surface area contributed by atoms with Gasteiger partial charge in [0.05, 0.1) is 18.3 Å². The van der Waals surface area contributed by atoms with Crippen LogP contribution < -0.4 is 5.56 Å². The van der Waals surface area contributed by atoms with Crippen molar-refractivity contribution in [1.29, 1.82) is 0 Å². The first-order valence-electron chi connectivity index (χ1n) is 9.71. The summed E-state index contributed by atoms with van der Waals surface area (Å²) >= 11 is 0. The molecule has 2 aromatic heterocycles. The summed E-state index contributed by atoms with van der Waals surface area (Å²) in [6, 6.07) is 12.7. The molecule has 1 amide bonds. The van der Waals surface area contributed by atoms with Gasteiger partial charge in [0, 0.05) is 23.4 Å². The zero-order valence-electron chi connectivity index (χ0n) is 16.5. The molecule has 3 aromatic rings. The van der Waals surface area contributed by atoms with Crippen molar-refractivity contribution in [1.82, 2.24) is 14.7 Å². The van der Waals surface area contributed by atoms with E-state index in [9.17, 15) is 9.59 Å². The molecule has 1 atom stereocenters. The van der Waals surface area contributed by atoms with Crippen molar-refractivity contribution in [3.63, 3.8) is 0 Å². The molecule has 0 radical (unpaired) electrons. The average Bonchev–Trinajstić information content (AvgIpc) is 3.28. The van der Waals surface area contributed by atoms with E-state index in [4.69, 9.17) is 4.42 Å². The van der Waals surface area contributed by atoms with Crippen LogP contribution in [0.1, 0.15) is 49.9 Å². The molecule has 0 spiro atoms. The van der Waals surface area contributed by atoms with Gasteiger partial charge in [-0.3, -0.25) is 9.59 Å². The van der Waals surface area contributed by atoms with Crippen LogP contribution in [-0.2, 0) is 12.0 Å². The quantitative estimate of drug-likeness (QED) is 0.697. The number of rotatable bonds is 3. The third kappa shape index (κ3) is 3.46. The lowest BCUT2D eigenvalue weighted by atomic mass is 9.92. The Morgan fingerprint density at radius 3 is 2.75 bits per heavy atom. The Hall–Kier alpha value is -2.89. The number of nitrogens with zero attached hydrogens (tertiary/aromatic N) is 3. The van der Waals surface area contributed by atoms with Crippen LogP contribution in [0.25, 0.3) is 11.0 Å². The number of fused-ring (bicyclic) bond motifs is 1. The van der Waals surface area contributed by atoms with Crippen molar-refractivity contribution < 1.29 is 9.21 Å². The predicted molar refractivity (Wildman–Crippen MR) is 107 cm³/mol. The summed E-state index contributed by atoms with van der Waals surface area (Å²) in [5.74, 6) is 0.218. The third-order valence-electron chi connectivity index (χ3n) is 5.29. The Labute approximate surface area is 163 Å². The summed E-state index contributed by atoms with van der Waals surface area (Å²) in [7, 11) is 0. The second-order valence-corrected chi connectivity index (χ2v) is 8.43. The fourth-order valence-corrected chi connectivity index (χ4v) is 3.70. The maximum Gasteiger partial charge on any atom is 0.289 e. The number of carbonyl (C=O) groups is 1. The van der Waals surface area contributed by atoms with Crippen molar-refractivity contribution in [3.05, 3.63) is 64.3 Å². The summed E-state index contributed by atoms with van der Waals surface area (Å²) in [4.78, 5) is 27.2. The minimum atomic E-state index is -0.144.